The second-order valence-corrected chi connectivity index (χ2v) is 5.32. The van der Waals surface area contributed by atoms with Crippen molar-refractivity contribution in [3.05, 3.63) is 40.4 Å². The topological polar surface area (TPSA) is 43.8 Å². The van der Waals surface area contributed by atoms with E-state index in [1.165, 1.54) is 12.1 Å². The smallest absolute Gasteiger partial charge is 0.399 e. The third-order valence-electron chi connectivity index (χ3n) is 3.29. The number of nitrogen functional groups attached to an aromatic ring is 1. The maximum Gasteiger partial charge on any atom is 0.436 e. The summed E-state index contributed by atoms with van der Waals surface area (Å²) in [6.07, 6.45) is -3.27. The first kappa shape index (κ1) is 14.2. The molecule has 1 aromatic carbocycles. The van der Waals surface area contributed by atoms with Crippen LogP contribution in [0.1, 0.15) is 30.1 Å². The molecule has 0 aliphatic heterocycles. The maximum absolute atomic E-state index is 14.0. The molecule has 0 radical (unpaired) electrons. The molecule has 1 aliphatic carbocycles. The second kappa shape index (κ2) is 4.62. The van der Waals surface area contributed by atoms with Gasteiger partial charge in [0.25, 0.3) is 0 Å². The van der Waals surface area contributed by atoms with E-state index in [1.54, 1.807) is 0 Å². The zero-order valence-electron chi connectivity index (χ0n) is 10.6. The lowest BCUT2D eigenvalue weighted by Crippen LogP contribution is -2.09. The molecular formula is C13H10ClF4N3. The quantitative estimate of drug-likeness (QED) is 0.667. The van der Waals surface area contributed by atoms with Gasteiger partial charge in [-0.25, -0.2) is 9.07 Å². The van der Waals surface area contributed by atoms with Crippen LogP contribution in [0, 0.1) is 5.82 Å². The molecule has 8 heteroatoms. The number of nitrogens with two attached hydrogens (primary N) is 1. The Morgan fingerprint density at radius 2 is 1.95 bits per heavy atom. The number of hydrogen-bond acceptors (Lipinski definition) is 2. The second-order valence-electron chi connectivity index (χ2n) is 4.94. The standard InChI is InChI=1S/C13H10ClF4N3/c14-10-11(6-1-2-6)21(20-12(10)13(16,17)18)9-4-3-7(19)5-8(9)15/h3-6H,1-2,19H2. The summed E-state index contributed by atoms with van der Waals surface area (Å²) in [4.78, 5) is 0. The van der Waals surface area contributed by atoms with Crippen molar-refractivity contribution in [3.63, 3.8) is 0 Å². The Morgan fingerprint density at radius 1 is 1.29 bits per heavy atom. The molecule has 0 spiro atoms. The molecule has 0 unspecified atom stereocenters. The Kier molecular flexibility index (Phi) is 3.12. The fourth-order valence-electron chi connectivity index (χ4n) is 2.18. The molecule has 2 N–H and O–H groups in total. The van der Waals surface area contributed by atoms with E-state index in [-0.39, 0.29) is 23.0 Å². The molecule has 1 heterocycles. The fourth-order valence-corrected chi connectivity index (χ4v) is 2.56. The monoisotopic (exact) mass is 319 g/mol. The van der Waals surface area contributed by atoms with Crippen LogP contribution in [-0.4, -0.2) is 9.78 Å². The van der Waals surface area contributed by atoms with Crippen molar-refractivity contribution >= 4 is 17.3 Å². The maximum atomic E-state index is 14.0. The van der Waals surface area contributed by atoms with Gasteiger partial charge in [-0.2, -0.15) is 18.3 Å². The number of benzene rings is 1. The van der Waals surface area contributed by atoms with Crippen LogP contribution in [0.3, 0.4) is 0 Å². The van der Waals surface area contributed by atoms with E-state index in [1.807, 2.05) is 0 Å². The van der Waals surface area contributed by atoms with Gasteiger partial charge in [-0.05, 0) is 31.0 Å². The largest absolute Gasteiger partial charge is 0.436 e. The predicted octanol–water partition coefficient (Wildman–Crippen LogP) is 4.14. The molecule has 1 aliphatic rings. The van der Waals surface area contributed by atoms with Crippen LogP contribution in [-0.2, 0) is 6.18 Å². The van der Waals surface area contributed by atoms with E-state index in [9.17, 15) is 17.6 Å². The van der Waals surface area contributed by atoms with Crippen LogP contribution in [0.15, 0.2) is 18.2 Å². The van der Waals surface area contributed by atoms with E-state index in [0.29, 0.717) is 12.8 Å². The molecule has 1 fully saturated rings. The molecule has 2 aromatic rings. The molecule has 3 rings (SSSR count). The number of alkyl halides is 3. The molecule has 0 bridgehead atoms. The van der Waals surface area contributed by atoms with Crippen LogP contribution in [0.5, 0.6) is 0 Å². The van der Waals surface area contributed by atoms with Gasteiger partial charge in [-0.15, -0.1) is 0 Å². The number of hydrogen-bond donors (Lipinski definition) is 1. The SMILES string of the molecule is Nc1ccc(-n2nc(C(F)(F)F)c(Cl)c2C2CC2)c(F)c1. The highest BCUT2D eigenvalue weighted by Crippen LogP contribution is 2.47. The van der Waals surface area contributed by atoms with Gasteiger partial charge in [0, 0.05) is 11.6 Å². The number of rotatable bonds is 2. The van der Waals surface area contributed by atoms with Crippen molar-refractivity contribution in [1.29, 1.82) is 0 Å². The van der Waals surface area contributed by atoms with E-state index in [2.05, 4.69) is 5.10 Å². The Bertz CT molecular complexity index is 704. The fraction of sp³-hybridized carbons (Fsp3) is 0.308. The van der Waals surface area contributed by atoms with Gasteiger partial charge in [-0.3, -0.25) is 0 Å². The number of anilines is 1. The van der Waals surface area contributed by atoms with Crippen molar-refractivity contribution in [2.45, 2.75) is 24.9 Å². The summed E-state index contributed by atoms with van der Waals surface area (Å²) in [5.74, 6) is -0.872. The van der Waals surface area contributed by atoms with Crippen LogP contribution >= 0.6 is 11.6 Å². The Hall–Kier alpha value is -1.76. The lowest BCUT2D eigenvalue weighted by atomic mass is 10.2. The summed E-state index contributed by atoms with van der Waals surface area (Å²) in [7, 11) is 0. The average Bonchev–Trinajstić information content (AvgIpc) is 3.12. The van der Waals surface area contributed by atoms with Crippen molar-refractivity contribution in [3.8, 4) is 5.69 Å². The van der Waals surface area contributed by atoms with Crippen molar-refractivity contribution in [1.82, 2.24) is 9.78 Å². The minimum absolute atomic E-state index is 0.0940. The first-order valence-corrected chi connectivity index (χ1v) is 6.58. The Morgan fingerprint density at radius 3 is 2.48 bits per heavy atom. The van der Waals surface area contributed by atoms with E-state index in [4.69, 9.17) is 17.3 Å². The molecule has 1 saturated carbocycles. The van der Waals surface area contributed by atoms with Gasteiger partial charge in [0.15, 0.2) is 11.5 Å². The summed E-state index contributed by atoms with van der Waals surface area (Å²) >= 11 is 5.83. The number of nitrogens with zero attached hydrogens (tertiary/aromatic N) is 2. The average molecular weight is 320 g/mol. The van der Waals surface area contributed by atoms with Crippen LogP contribution < -0.4 is 5.73 Å². The van der Waals surface area contributed by atoms with E-state index in [0.717, 1.165) is 10.7 Å². The zero-order chi connectivity index (χ0) is 15.4. The highest BCUT2D eigenvalue weighted by atomic mass is 35.5. The molecule has 0 saturated heterocycles. The molecule has 0 amide bonds. The lowest BCUT2D eigenvalue weighted by molar-refractivity contribution is -0.141. The Balaban J connectivity index is 2.22. The van der Waals surface area contributed by atoms with Crippen molar-refractivity contribution in [2.24, 2.45) is 0 Å². The Labute approximate surface area is 122 Å². The van der Waals surface area contributed by atoms with Crippen LogP contribution in [0.2, 0.25) is 5.02 Å². The third-order valence-corrected chi connectivity index (χ3v) is 3.67. The van der Waals surface area contributed by atoms with Gasteiger partial charge in [-0.1, -0.05) is 11.6 Å². The lowest BCUT2D eigenvalue weighted by Gasteiger charge is -2.08. The molecular weight excluding hydrogens is 310 g/mol. The number of halogens is 5. The van der Waals surface area contributed by atoms with Crippen molar-refractivity contribution in [2.75, 3.05) is 5.73 Å². The molecule has 21 heavy (non-hydrogen) atoms. The van der Waals surface area contributed by atoms with E-state index >= 15 is 0 Å². The van der Waals surface area contributed by atoms with Crippen LogP contribution in [0.4, 0.5) is 23.2 Å². The predicted molar refractivity (Wildman–Crippen MR) is 69.9 cm³/mol. The summed E-state index contributed by atoms with van der Waals surface area (Å²) in [5, 5.41) is 3.02. The molecule has 0 atom stereocenters. The summed E-state index contributed by atoms with van der Waals surface area (Å²) in [6.45, 7) is 0. The summed E-state index contributed by atoms with van der Waals surface area (Å²) in [5.41, 5.74) is 4.54. The molecule has 112 valence electrons. The van der Waals surface area contributed by atoms with E-state index < -0.39 is 22.7 Å². The van der Waals surface area contributed by atoms with Gasteiger partial charge in [0.05, 0.1) is 10.7 Å². The van der Waals surface area contributed by atoms with Gasteiger partial charge in [0.1, 0.15) is 5.69 Å². The molecule has 1 aromatic heterocycles. The first-order valence-electron chi connectivity index (χ1n) is 6.20. The number of aromatic nitrogens is 2. The summed E-state index contributed by atoms with van der Waals surface area (Å²) in [6, 6.07) is 3.73. The van der Waals surface area contributed by atoms with Crippen molar-refractivity contribution < 1.29 is 17.6 Å². The highest BCUT2D eigenvalue weighted by molar-refractivity contribution is 6.32. The highest BCUT2D eigenvalue weighted by Gasteiger charge is 2.42. The summed E-state index contributed by atoms with van der Waals surface area (Å²) < 4.78 is 53.7. The van der Waals surface area contributed by atoms with Gasteiger partial charge in [0.2, 0.25) is 0 Å². The normalized spacial score (nSPS) is 15.5. The first-order chi connectivity index (χ1) is 9.79. The van der Waals surface area contributed by atoms with Gasteiger partial charge >= 0.3 is 6.18 Å². The minimum atomic E-state index is -4.68. The van der Waals surface area contributed by atoms with Gasteiger partial charge < -0.3 is 5.73 Å². The minimum Gasteiger partial charge on any atom is -0.399 e. The van der Waals surface area contributed by atoms with Crippen LogP contribution in [0.25, 0.3) is 5.69 Å². The third kappa shape index (κ3) is 2.46. The zero-order valence-corrected chi connectivity index (χ0v) is 11.3. The molecule has 3 nitrogen and oxygen atoms in total.